The average molecular weight is 173 g/mol. The highest BCUT2D eigenvalue weighted by atomic mass is 32.2. The van der Waals surface area contributed by atoms with Crippen LogP contribution in [0.4, 0.5) is 0 Å². The van der Waals surface area contributed by atoms with Gasteiger partial charge in [0.25, 0.3) is 0 Å². The van der Waals surface area contributed by atoms with Crippen LogP contribution in [0.1, 0.15) is 6.92 Å². The summed E-state index contributed by atoms with van der Waals surface area (Å²) in [5.74, 6) is 0.172. The van der Waals surface area contributed by atoms with Gasteiger partial charge in [-0.3, -0.25) is 4.79 Å². The molecule has 0 spiro atoms. The van der Waals surface area contributed by atoms with E-state index in [1.807, 2.05) is 32.2 Å². The number of carbonyl (C=O) groups is 1. The fraction of sp³-hybridized carbons (Fsp3) is 0.625. The van der Waals surface area contributed by atoms with Gasteiger partial charge >= 0.3 is 0 Å². The van der Waals surface area contributed by atoms with Gasteiger partial charge in [-0.25, -0.2) is 0 Å². The maximum Gasteiger partial charge on any atom is 0.169 e. The highest BCUT2D eigenvalue weighted by Gasteiger charge is 2.06. The van der Waals surface area contributed by atoms with Crippen LogP contribution < -0.4 is 0 Å². The number of ketones is 1. The lowest BCUT2D eigenvalue weighted by molar-refractivity contribution is -0.113. The second kappa shape index (κ2) is 5.24. The third-order valence-corrected chi connectivity index (χ3v) is 2.23. The minimum absolute atomic E-state index is 0.0752. The van der Waals surface area contributed by atoms with E-state index in [0.29, 0.717) is 0 Å². The largest absolute Gasteiger partial charge is 0.383 e. The zero-order valence-corrected chi connectivity index (χ0v) is 8.31. The smallest absolute Gasteiger partial charge is 0.169 e. The molecule has 0 fully saturated rings. The fourth-order valence-electron chi connectivity index (χ4n) is 0.474. The zero-order chi connectivity index (χ0) is 8.85. The minimum Gasteiger partial charge on any atom is -0.383 e. The van der Waals surface area contributed by atoms with Crippen molar-refractivity contribution >= 4 is 17.5 Å². The lowest BCUT2D eigenvalue weighted by Crippen LogP contribution is -2.11. The molecule has 3 heteroatoms. The van der Waals surface area contributed by atoms with E-state index in [2.05, 4.69) is 0 Å². The first-order valence-electron chi connectivity index (χ1n) is 3.49. The summed E-state index contributed by atoms with van der Waals surface area (Å²) in [5.41, 5.74) is 0. The van der Waals surface area contributed by atoms with Crippen molar-refractivity contribution in [2.75, 3.05) is 20.4 Å². The molecule has 0 amide bonds. The van der Waals surface area contributed by atoms with Gasteiger partial charge in [0, 0.05) is 20.3 Å². The van der Waals surface area contributed by atoms with Crippen molar-refractivity contribution in [2.45, 2.75) is 12.2 Å². The predicted molar refractivity (Wildman–Crippen MR) is 50.8 cm³/mol. The van der Waals surface area contributed by atoms with Crippen LogP contribution in [0.3, 0.4) is 0 Å². The second-order valence-electron chi connectivity index (χ2n) is 2.56. The molecule has 0 aliphatic carbocycles. The van der Waals surface area contributed by atoms with Crippen LogP contribution in [0.5, 0.6) is 0 Å². The predicted octanol–water partition coefficient (Wildman–Crippen LogP) is 1.38. The van der Waals surface area contributed by atoms with Gasteiger partial charge < -0.3 is 4.90 Å². The molecule has 0 saturated carbocycles. The Morgan fingerprint density at radius 1 is 1.55 bits per heavy atom. The van der Waals surface area contributed by atoms with E-state index in [0.717, 1.165) is 0 Å². The van der Waals surface area contributed by atoms with Crippen molar-refractivity contribution < 1.29 is 4.79 Å². The summed E-state index contributed by atoms with van der Waals surface area (Å²) in [6.45, 7) is 1.91. The van der Waals surface area contributed by atoms with E-state index in [-0.39, 0.29) is 11.0 Å². The van der Waals surface area contributed by atoms with Gasteiger partial charge in [0.15, 0.2) is 5.78 Å². The molecular formula is C8H15NOS. The molecule has 1 atom stereocenters. The van der Waals surface area contributed by atoms with Crippen molar-refractivity contribution in [1.82, 2.24) is 4.90 Å². The van der Waals surface area contributed by atoms with E-state index in [9.17, 15) is 4.79 Å². The zero-order valence-electron chi connectivity index (χ0n) is 7.50. The Balaban J connectivity index is 3.86. The molecule has 0 aliphatic heterocycles. The second-order valence-corrected chi connectivity index (χ2v) is 3.74. The highest BCUT2D eigenvalue weighted by molar-refractivity contribution is 7.99. The van der Waals surface area contributed by atoms with Gasteiger partial charge in [0.2, 0.25) is 0 Å². The van der Waals surface area contributed by atoms with E-state index < -0.39 is 0 Å². The molecular weight excluding hydrogens is 158 g/mol. The van der Waals surface area contributed by atoms with E-state index in [1.165, 1.54) is 0 Å². The quantitative estimate of drug-likeness (QED) is 0.599. The number of hydrogen-bond donors (Lipinski definition) is 0. The summed E-state index contributed by atoms with van der Waals surface area (Å²) in [6.07, 6.45) is 5.32. The Morgan fingerprint density at radius 3 is 2.45 bits per heavy atom. The Kier molecular flexibility index (Phi) is 5.03. The van der Waals surface area contributed by atoms with Gasteiger partial charge in [-0.1, -0.05) is 0 Å². The molecule has 0 heterocycles. The minimum atomic E-state index is 0.0752. The van der Waals surface area contributed by atoms with Crippen molar-refractivity contribution in [3.05, 3.63) is 12.3 Å². The standard InChI is InChI=1S/C8H15NOS/c1-7(11-4)8(10)5-6-9(2)3/h5-7H,1-4H3/b6-5+/t7-/m1/s1. The van der Waals surface area contributed by atoms with Crippen LogP contribution in [0.2, 0.25) is 0 Å². The molecule has 0 rings (SSSR count). The van der Waals surface area contributed by atoms with Gasteiger partial charge in [0.1, 0.15) is 0 Å². The first-order chi connectivity index (χ1) is 5.07. The molecule has 11 heavy (non-hydrogen) atoms. The van der Waals surface area contributed by atoms with Crippen LogP contribution in [0.25, 0.3) is 0 Å². The molecule has 0 aliphatic rings. The van der Waals surface area contributed by atoms with Crippen LogP contribution >= 0.6 is 11.8 Å². The maximum absolute atomic E-state index is 11.1. The first-order valence-corrected chi connectivity index (χ1v) is 4.78. The number of carbonyl (C=O) groups excluding carboxylic acids is 1. The molecule has 0 aromatic carbocycles. The average Bonchev–Trinajstić information content (AvgIpc) is 1.98. The first kappa shape index (κ1) is 10.6. The van der Waals surface area contributed by atoms with Crippen LogP contribution in [0.15, 0.2) is 12.3 Å². The molecule has 64 valence electrons. The molecule has 0 radical (unpaired) electrons. The number of allylic oxidation sites excluding steroid dienone is 1. The van der Waals surface area contributed by atoms with E-state index in [1.54, 1.807) is 24.0 Å². The summed E-state index contributed by atoms with van der Waals surface area (Å²) < 4.78 is 0. The fourth-order valence-corrected chi connectivity index (χ4v) is 0.785. The maximum atomic E-state index is 11.1. The number of thioether (sulfide) groups is 1. The Bertz CT molecular complexity index is 154. The lowest BCUT2D eigenvalue weighted by atomic mass is 10.3. The van der Waals surface area contributed by atoms with Crippen molar-refractivity contribution in [3.8, 4) is 0 Å². The third kappa shape index (κ3) is 4.90. The summed E-state index contributed by atoms with van der Waals surface area (Å²) in [4.78, 5) is 13.0. The van der Waals surface area contributed by atoms with Gasteiger partial charge in [-0.05, 0) is 19.3 Å². The molecule has 0 unspecified atom stereocenters. The Hall–Kier alpha value is -0.440. The molecule has 0 N–H and O–H groups in total. The normalized spacial score (nSPS) is 13.5. The van der Waals surface area contributed by atoms with Gasteiger partial charge in [0.05, 0.1) is 5.25 Å². The number of nitrogens with zero attached hydrogens (tertiary/aromatic N) is 1. The van der Waals surface area contributed by atoms with E-state index in [4.69, 9.17) is 0 Å². The highest BCUT2D eigenvalue weighted by Crippen LogP contribution is 2.06. The SMILES string of the molecule is CS[C@H](C)C(=O)/C=C/N(C)C. The van der Waals surface area contributed by atoms with Crippen molar-refractivity contribution in [3.63, 3.8) is 0 Å². The third-order valence-electron chi connectivity index (χ3n) is 1.29. The number of rotatable bonds is 4. The van der Waals surface area contributed by atoms with Crippen LogP contribution in [-0.4, -0.2) is 36.3 Å². The van der Waals surface area contributed by atoms with Gasteiger partial charge in [-0.2, -0.15) is 11.8 Å². The summed E-state index contributed by atoms with van der Waals surface area (Å²) in [5, 5.41) is 0.0752. The monoisotopic (exact) mass is 173 g/mol. The molecule has 0 aromatic rings. The van der Waals surface area contributed by atoms with Crippen LogP contribution in [0, 0.1) is 0 Å². The lowest BCUT2D eigenvalue weighted by Gasteiger charge is -2.05. The molecule has 0 saturated heterocycles. The van der Waals surface area contributed by atoms with Gasteiger partial charge in [-0.15, -0.1) is 0 Å². The van der Waals surface area contributed by atoms with E-state index >= 15 is 0 Å². The van der Waals surface area contributed by atoms with Crippen LogP contribution in [-0.2, 0) is 4.79 Å². The molecule has 0 aromatic heterocycles. The number of hydrogen-bond acceptors (Lipinski definition) is 3. The molecule has 0 bridgehead atoms. The summed E-state index contributed by atoms with van der Waals surface area (Å²) in [6, 6.07) is 0. The summed E-state index contributed by atoms with van der Waals surface area (Å²) in [7, 11) is 3.79. The summed E-state index contributed by atoms with van der Waals surface area (Å²) >= 11 is 1.57. The topological polar surface area (TPSA) is 20.3 Å². The Morgan fingerprint density at radius 2 is 2.09 bits per heavy atom. The van der Waals surface area contributed by atoms with Crippen molar-refractivity contribution in [1.29, 1.82) is 0 Å². The molecule has 2 nitrogen and oxygen atoms in total. The Labute approximate surface area is 72.6 Å². The van der Waals surface area contributed by atoms with Crippen molar-refractivity contribution in [2.24, 2.45) is 0 Å².